The van der Waals surface area contributed by atoms with E-state index in [-0.39, 0.29) is 31.1 Å². The Morgan fingerprint density at radius 2 is 0.487 bits per heavy atom. The van der Waals surface area contributed by atoms with Gasteiger partial charge < -0.3 is 14.2 Å². The van der Waals surface area contributed by atoms with E-state index in [2.05, 4.69) is 106 Å². The van der Waals surface area contributed by atoms with Crippen molar-refractivity contribution in [1.82, 2.24) is 0 Å². The van der Waals surface area contributed by atoms with Gasteiger partial charge in [-0.05, 0) is 89.9 Å². The van der Waals surface area contributed by atoms with Gasteiger partial charge in [0.05, 0.1) is 0 Å². The summed E-state index contributed by atoms with van der Waals surface area (Å²) in [5, 5.41) is 0. The lowest BCUT2D eigenvalue weighted by Crippen LogP contribution is -2.30. The summed E-state index contributed by atoms with van der Waals surface area (Å²) < 4.78 is 16.9. The molecule has 0 aromatic heterocycles. The molecule has 0 aliphatic rings. The number of allylic oxidation sites excluding steroid dienone is 14. The lowest BCUT2D eigenvalue weighted by Gasteiger charge is -2.18. The summed E-state index contributed by atoms with van der Waals surface area (Å²) in [5.74, 6) is -0.910. The number of carbonyl (C=O) groups excluding carboxylic acids is 3. The number of carbonyl (C=O) groups is 3. The van der Waals surface area contributed by atoms with Crippen molar-refractivity contribution in [1.29, 1.82) is 0 Å². The highest BCUT2D eigenvalue weighted by molar-refractivity contribution is 5.71. The van der Waals surface area contributed by atoms with Crippen LogP contribution >= 0.6 is 0 Å². The molecule has 1 atom stereocenters. The minimum atomic E-state index is -0.794. The van der Waals surface area contributed by atoms with Gasteiger partial charge in [0.2, 0.25) is 0 Å². The molecule has 0 fully saturated rings. The molecule has 462 valence electrons. The van der Waals surface area contributed by atoms with Crippen LogP contribution in [-0.2, 0) is 28.6 Å². The first-order chi connectivity index (χ1) is 39.5. The van der Waals surface area contributed by atoms with Crippen molar-refractivity contribution in [2.45, 2.75) is 354 Å². The Labute approximate surface area is 496 Å². The molecule has 6 heteroatoms. The first kappa shape index (κ1) is 76.6. The Balaban J connectivity index is 4.25. The summed E-state index contributed by atoms with van der Waals surface area (Å²) in [6.45, 7) is 6.43. The molecular formula is C74H130O6. The van der Waals surface area contributed by atoms with E-state index >= 15 is 0 Å². The molecule has 0 amide bonds. The lowest BCUT2D eigenvalue weighted by atomic mass is 10.0. The largest absolute Gasteiger partial charge is 0.462 e. The van der Waals surface area contributed by atoms with Crippen LogP contribution in [0.2, 0.25) is 0 Å². The van der Waals surface area contributed by atoms with Gasteiger partial charge in [-0.2, -0.15) is 0 Å². The fraction of sp³-hybridized carbons (Fsp3) is 0.770. The molecule has 0 aliphatic heterocycles. The van der Waals surface area contributed by atoms with Gasteiger partial charge in [0.1, 0.15) is 13.2 Å². The van der Waals surface area contributed by atoms with Crippen molar-refractivity contribution in [3.05, 3.63) is 85.1 Å². The fourth-order valence-corrected chi connectivity index (χ4v) is 10.0. The SMILES string of the molecule is CC/C=C\C/C=C\C/C=C\C/C=C\CCCCCCCCCCC(=O)OC(COC(=O)CCCCC/C=C\C/C=C\C/C=C\CC)COC(=O)CCCCCCCCCCCCCCCCCCCCCCCCCCCCCC. The van der Waals surface area contributed by atoms with Gasteiger partial charge in [-0.25, -0.2) is 0 Å². The van der Waals surface area contributed by atoms with E-state index in [4.69, 9.17) is 14.2 Å². The molecule has 0 heterocycles. The molecule has 0 N–H and O–H groups in total. The van der Waals surface area contributed by atoms with E-state index in [1.54, 1.807) is 0 Å². The highest BCUT2D eigenvalue weighted by Crippen LogP contribution is 2.18. The molecule has 1 unspecified atom stereocenters. The number of esters is 3. The summed E-state index contributed by atoms with van der Waals surface area (Å²) in [6, 6.07) is 0. The molecule has 0 aliphatic carbocycles. The maximum absolute atomic E-state index is 12.9. The summed E-state index contributed by atoms with van der Waals surface area (Å²) in [6.07, 6.45) is 90.5. The minimum Gasteiger partial charge on any atom is -0.462 e. The number of hydrogen-bond acceptors (Lipinski definition) is 6. The molecule has 0 saturated heterocycles. The zero-order valence-corrected chi connectivity index (χ0v) is 53.1. The number of hydrogen-bond donors (Lipinski definition) is 0. The van der Waals surface area contributed by atoms with Crippen molar-refractivity contribution in [2.75, 3.05) is 13.2 Å². The molecular weight excluding hydrogens is 985 g/mol. The van der Waals surface area contributed by atoms with Crippen LogP contribution in [0.15, 0.2) is 85.1 Å². The van der Waals surface area contributed by atoms with Gasteiger partial charge in [0.15, 0.2) is 6.10 Å². The molecule has 0 rings (SSSR count). The van der Waals surface area contributed by atoms with E-state index in [1.807, 2.05) is 0 Å². The van der Waals surface area contributed by atoms with Crippen molar-refractivity contribution in [3.8, 4) is 0 Å². The summed E-state index contributed by atoms with van der Waals surface area (Å²) in [5.41, 5.74) is 0. The van der Waals surface area contributed by atoms with Crippen LogP contribution in [0.5, 0.6) is 0 Å². The smallest absolute Gasteiger partial charge is 0.306 e. The van der Waals surface area contributed by atoms with Crippen LogP contribution in [0, 0.1) is 0 Å². The van der Waals surface area contributed by atoms with Gasteiger partial charge in [-0.1, -0.05) is 324 Å². The average Bonchev–Trinajstić information content (AvgIpc) is 3.46. The molecule has 0 aromatic carbocycles. The second kappa shape index (κ2) is 68.1. The topological polar surface area (TPSA) is 78.9 Å². The molecule has 80 heavy (non-hydrogen) atoms. The minimum absolute atomic E-state index is 0.0867. The monoisotopic (exact) mass is 1110 g/mol. The zero-order chi connectivity index (χ0) is 57.8. The molecule has 6 nitrogen and oxygen atoms in total. The van der Waals surface area contributed by atoms with Crippen LogP contribution < -0.4 is 0 Å². The van der Waals surface area contributed by atoms with Crippen LogP contribution in [0.3, 0.4) is 0 Å². The van der Waals surface area contributed by atoms with E-state index in [1.165, 1.54) is 193 Å². The number of ether oxygens (including phenoxy) is 3. The first-order valence-electron chi connectivity index (χ1n) is 34.6. The standard InChI is InChI=1S/C74H130O6/c1-4-7-10-13-16-19-22-25-27-29-31-33-34-35-36-37-38-39-41-42-44-46-49-52-55-58-61-64-67-73(76)79-70-71(69-78-72(75)66-63-60-57-54-51-48-24-21-18-15-12-9-6-3)80-74(77)68-65-62-59-56-53-50-47-45-43-40-32-30-28-26-23-20-17-14-11-8-5-2/h8-9,11-12,17-18,20-21,26,28,32,40,48,51,71H,4-7,10,13-16,19,22-25,27,29-31,33-39,41-47,49-50,52-70H2,1-3H3/b11-8-,12-9-,20-17-,21-18-,28-26-,40-32-,51-48-. The van der Waals surface area contributed by atoms with Gasteiger partial charge in [0.25, 0.3) is 0 Å². The fourth-order valence-electron chi connectivity index (χ4n) is 10.0. The number of unbranched alkanes of at least 4 members (excludes halogenated alkanes) is 38. The van der Waals surface area contributed by atoms with Crippen molar-refractivity contribution < 1.29 is 28.6 Å². The van der Waals surface area contributed by atoms with Gasteiger partial charge >= 0.3 is 17.9 Å². The van der Waals surface area contributed by atoms with Crippen molar-refractivity contribution in [3.63, 3.8) is 0 Å². The van der Waals surface area contributed by atoms with E-state index in [0.29, 0.717) is 19.3 Å². The first-order valence-corrected chi connectivity index (χ1v) is 34.6. The quantitative estimate of drug-likeness (QED) is 0.0261. The second-order valence-corrected chi connectivity index (χ2v) is 23.0. The third-order valence-corrected chi connectivity index (χ3v) is 15.1. The van der Waals surface area contributed by atoms with Crippen LogP contribution in [0.25, 0.3) is 0 Å². The van der Waals surface area contributed by atoms with Crippen LogP contribution in [0.4, 0.5) is 0 Å². The Hall–Kier alpha value is -3.41. The van der Waals surface area contributed by atoms with Gasteiger partial charge in [-0.15, -0.1) is 0 Å². The number of rotatable bonds is 63. The zero-order valence-electron chi connectivity index (χ0n) is 53.1. The maximum Gasteiger partial charge on any atom is 0.306 e. The molecule has 0 spiro atoms. The van der Waals surface area contributed by atoms with E-state index in [0.717, 1.165) is 116 Å². The molecule has 0 aromatic rings. The van der Waals surface area contributed by atoms with Crippen LogP contribution in [-0.4, -0.2) is 37.2 Å². The predicted molar refractivity (Wildman–Crippen MR) is 348 cm³/mol. The third-order valence-electron chi connectivity index (χ3n) is 15.1. The van der Waals surface area contributed by atoms with Gasteiger partial charge in [-0.3, -0.25) is 14.4 Å². The highest BCUT2D eigenvalue weighted by Gasteiger charge is 2.19. The van der Waals surface area contributed by atoms with E-state index < -0.39 is 6.10 Å². The van der Waals surface area contributed by atoms with Crippen LogP contribution in [0.1, 0.15) is 348 Å². The Morgan fingerprint density at radius 1 is 0.263 bits per heavy atom. The normalized spacial score (nSPS) is 12.6. The van der Waals surface area contributed by atoms with Crippen molar-refractivity contribution >= 4 is 17.9 Å². The Morgan fingerprint density at radius 3 is 0.775 bits per heavy atom. The molecule has 0 saturated carbocycles. The highest BCUT2D eigenvalue weighted by atomic mass is 16.6. The third kappa shape index (κ3) is 65.4. The Kier molecular flexibility index (Phi) is 65.2. The summed E-state index contributed by atoms with van der Waals surface area (Å²) >= 11 is 0. The maximum atomic E-state index is 12.9. The summed E-state index contributed by atoms with van der Waals surface area (Å²) in [7, 11) is 0. The lowest BCUT2D eigenvalue weighted by molar-refractivity contribution is -0.167. The van der Waals surface area contributed by atoms with E-state index in [9.17, 15) is 14.4 Å². The molecule has 0 bridgehead atoms. The predicted octanol–water partition coefficient (Wildman–Crippen LogP) is 23.8. The second-order valence-electron chi connectivity index (χ2n) is 23.0. The van der Waals surface area contributed by atoms with Crippen molar-refractivity contribution in [2.24, 2.45) is 0 Å². The average molecular weight is 1120 g/mol. The summed E-state index contributed by atoms with van der Waals surface area (Å²) in [4.78, 5) is 38.4. The molecule has 0 radical (unpaired) electrons. The Bertz CT molecular complexity index is 1520. The van der Waals surface area contributed by atoms with Gasteiger partial charge in [0, 0.05) is 19.3 Å².